The molecule has 1 saturated carbocycles. The first-order valence-corrected chi connectivity index (χ1v) is 4.99. The SMILES string of the molecule is CC(C)n1ncc2c1C(F)(F)[C@@H]1C[C@H]21. The van der Waals surface area contributed by atoms with E-state index in [1.165, 1.54) is 4.68 Å². The summed E-state index contributed by atoms with van der Waals surface area (Å²) in [7, 11) is 0. The van der Waals surface area contributed by atoms with Gasteiger partial charge in [0.05, 0.1) is 6.20 Å². The van der Waals surface area contributed by atoms with Crippen LogP contribution in [0.5, 0.6) is 0 Å². The molecule has 0 unspecified atom stereocenters. The molecule has 0 aliphatic heterocycles. The minimum atomic E-state index is -2.64. The molecule has 1 aromatic heterocycles. The minimum absolute atomic E-state index is 0.0159. The Morgan fingerprint density at radius 1 is 1.57 bits per heavy atom. The molecule has 0 aromatic carbocycles. The average molecular weight is 198 g/mol. The van der Waals surface area contributed by atoms with Gasteiger partial charge in [-0.1, -0.05) is 0 Å². The van der Waals surface area contributed by atoms with E-state index in [1.807, 2.05) is 13.8 Å². The molecule has 0 saturated heterocycles. The third-order valence-corrected chi connectivity index (χ3v) is 3.28. The quantitative estimate of drug-likeness (QED) is 0.678. The molecule has 1 heterocycles. The summed E-state index contributed by atoms with van der Waals surface area (Å²) >= 11 is 0. The highest BCUT2D eigenvalue weighted by atomic mass is 19.3. The van der Waals surface area contributed by atoms with Crippen molar-refractivity contribution in [1.29, 1.82) is 0 Å². The Morgan fingerprint density at radius 3 is 2.93 bits per heavy atom. The van der Waals surface area contributed by atoms with Gasteiger partial charge in [0, 0.05) is 17.5 Å². The Balaban J connectivity index is 2.19. The fraction of sp³-hybridized carbons (Fsp3) is 0.700. The molecule has 0 N–H and O–H groups in total. The number of aromatic nitrogens is 2. The number of fused-ring (bicyclic) bond motifs is 3. The predicted molar refractivity (Wildman–Crippen MR) is 47.4 cm³/mol. The van der Waals surface area contributed by atoms with Gasteiger partial charge < -0.3 is 0 Å². The summed E-state index contributed by atoms with van der Waals surface area (Å²) in [6.45, 7) is 3.76. The molecule has 4 heteroatoms. The first-order chi connectivity index (χ1) is 6.53. The van der Waals surface area contributed by atoms with Crippen LogP contribution in [0.2, 0.25) is 0 Å². The Hall–Kier alpha value is -0.930. The van der Waals surface area contributed by atoms with Crippen molar-refractivity contribution in [2.45, 2.75) is 38.2 Å². The van der Waals surface area contributed by atoms with E-state index >= 15 is 0 Å². The first-order valence-electron chi connectivity index (χ1n) is 4.99. The maximum atomic E-state index is 13.8. The van der Waals surface area contributed by atoms with Crippen molar-refractivity contribution in [1.82, 2.24) is 9.78 Å². The molecule has 2 aliphatic carbocycles. The summed E-state index contributed by atoms with van der Waals surface area (Å²) < 4.78 is 29.0. The maximum Gasteiger partial charge on any atom is 0.293 e. The zero-order chi connectivity index (χ0) is 10.1. The van der Waals surface area contributed by atoms with Crippen LogP contribution in [0, 0.1) is 5.92 Å². The maximum absolute atomic E-state index is 13.8. The van der Waals surface area contributed by atoms with Crippen LogP contribution >= 0.6 is 0 Å². The summed E-state index contributed by atoms with van der Waals surface area (Å²) in [5.74, 6) is -2.98. The van der Waals surface area contributed by atoms with Crippen molar-refractivity contribution in [3.05, 3.63) is 17.5 Å². The topological polar surface area (TPSA) is 17.8 Å². The molecular formula is C10H12F2N2. The predicted octanol–water partition coefficient (Wildman–Crippen LogP) is 2.67. The van der Waals surface area contributed by atoms with Gasteiger partial charge in [0.2, 0.25) is 0 Å². The average Bonchev–Trinajstić information content (AvgIpc) is 2.70. The number of hydrogen-bond donors (Lipinski definition) is 0. The van der Waals surface area contributed by atoms with Crippen LogP contribution in [0.4, 0.5) is 8.78 Å². The van der Waals surface area contributed by atoms with E-state index in [0.717, 1.165) is 5.56 Å². The lowest BCUT2D eigenvalue weighted by atomic mass is 10.1. The molecular weight excluding hydrogens is 186 g/mol. The molecule has 3 rings (SSSR count). The van der Waals surface area contributed by atoms with Crippen LogP contribution in [0.15, 0.2) is 6.20 Å². The molecule has 2 atom stereocenters. The number of alkyl halides is 2. The lowest BCUT2D eigenvalue weighted by Crippen LogP contribution is -2.21. The van der Waals surface area contributed by atoms with Gasteiger partial charge in [-0.15, -0.1) is 0 Å². The Bertz CT molecular complexity index is 395. The summed E-state index contributed by atoms with van der Waals surface area (Å²) in [5, 5.41) is 4.05. The normalized spacial score (nSPS) is 31.8. The van der Waals surface area contributed by atoms with Gasteiger partial charge in [-0.05, 0) is 26.2 Å². The minimum Gasteiger partial charge on any atom is -0.261 e. The number of halogens is 2. The third kappa shape index (κ3) is 0.775. The van der Waals surface area contributed by atoms with E-state index in [4.69, 9.17) is 0 Å². The highest BCUT2D eigenvalue weighted by Gasteiger charge is 2.65. The monoisotopic (exact) mass is 198 g/mol. The molecule has 14 heavy (non-hydrogen) atoms. The highest BCUT2D eigenvalue weighted by Crippen LogP contribution is 2.66. The fourth-order valence-electron chi connectivity index (χ4n) is 2.50. The molecule has 2 aliphatic rings. The van der Waals surface area contributed by atoms with Crippen LogP contribution in [0.3, 0.4) is 0 Å². The van der Waals surface area contributed by atoms with E-state index in [-0.39, 0.29) is 17.7 Å². The van der Waals surface area contributed by atoms with E-state index in [2.05, 4.69) is 5.10 Å². The molecule has 76 valence electrons. The van der Waals surface area contributed by atoms with Crippen LogP contribution in [0.1, 0.15) is 43.5 Å². The summed E-state index contributed by atoms with van der Waals surface area (Å²) in [6.07, 6.45) is 2.27. The van der Waals surface area contributed by atoms with Gasteiger partial charge >= 0.3 is 0 Å². The van der Waals surface area contributed by atoms with Crippen LogP contribution in [-0.2, 0) is 5.92 Å². The van der Waals surface area contributed by atoms with Crippen LogP contribution in [0.25, 0.3) is 0 Å². The van der Waals surface area contributed by atoms with Gasteiger partial charge in [0.1, 0.15) is 5.69 Å². The van der Waals surface area contributed by atoms with Gasteiger partial charge in [0.25, 0.3) is 5.92 Å². The smallest absolute Gasteiger partial charge is 0.261 e. The molecule has 2 nitrogen and oxygen atoms in total. The zero-order valence-corrected chi connectivity index (χ0v) is 8.17. The second kappa shape index (κ2) is 2.18. The van der Waals surface area contributed by atoms with Crippen molar-refractivity contribution in [3.8, 4) is 0 Å². The van der Waals surface area contributed by atoms with Gasteiger partial charge in [0.15, 0.2) is 0 Å². The number of rotatable bonds is 1. The molecule has 0 amide bonds. The largest absolute Gasteiger partial charge is 0.293 e. The second-order valence-corrected chi connectivity index (χ2v) is 4.56. The summed E-state index contributed by atoms with van der Waals surface area (Å²) in [5.41, 5.74) is 0.961. The van der Waals surface area contributed by atoms with Crippen LogP contribution < -0.4 is 0 Å². The van der Waals surface area contributed by atoms with Gasteiger partial charge in [-0.2, -0.15) is 13.9 Å². The van der Waals surface area contributed by atoms with E-state index in [9.17, 15) is 8.78 Å². The Morgan fingerprint density at radius 2 is 2.29 bits per heavy atom. The molecule has 0 spiro atoms. The van der Waals surface area contributed by atoms with Crippen molar-refractivity contribution in [2.75, 3.05) is 0 Å². The fourth-order valence-corrected chi connectivity index (χ4v) is 2.50. The van der Waals surface area contributed by atoms with E-state index in [1.54, 1.807) is 6.20 Å². The number of nitrogens with zero attached hydrogens (tertiary/aromatic N) is 2. The van der Waals surface area contributed by atoms with Gasteiger partial charge in [-0.3, -0.25) is 4.68 Å². The zero-order valence-electron chi connectivity index (χ0n) is 8.17. The Labute approximate surface area is 80.9 Å². The van der Waals surface area contributed by atoms with Crippen molar-refractivity contribution < 1.29 is 8.78 Å². The lowest BCUT2D eigenvalue weighted by molar-refractivity contribution is -0.0318. The number of hydrogen-bond acceptors (Lipinski definition) is 1. The van der Waals surface area contributed by atoms with E-state index in [0.29, 0.717) is 6.42 Å². The molecule has 0 radical (unpaired) electrons. The highest BCUT2D eigenvalue weighted by molar-refractivity contribution is 5.41. The molecule has 1 fully saturated rings. The van der Waals surface area contributed by atoms with E-state index < -0.39 is 11.8 Å². The second-order valence-electron chi connectivity index (χ2n) is 4.56. The summed E-state index contributed by atoms with van der Waals surface area (Å²) in [4.78, 5) is 0. The van der Waals surface area contributed by atoms with Crippen molar-refractivity contribution in [3.63, 3.8) is 0 Å². The van der Waals surface area contributed by atoms with Crippen molar-refractivity contribution >= 4 is 0 Å². The van der Waals surface area contributed by atoms with Crippen molar-refractivity contribution in [2.24, 2.45) is 5.92 Å². The standard InChI is InChI=1S/C10H12F2N2/c1-5(2)14-9-7(4-13-14)6-3-8(6)10(9,11)12/h4-6,8H,3H2,1-2H3/t6-,8-/m1/s1. The van der Waals surface area contributed by atoms with Gasteiger partial charge in [-0.25, -0.2) is 0 Å². The molecule has 1 aromatic rings. The first kappa shape index (κ1) is 8.38. The third-order valence-electron chi connectivity index (χ3n) is 3.28. The lowest BCUT2D eigenvalue weighted by Gasteiger charge is -2.17. The molecule has 0 bridgehead atoms. The van der Waals surface area contributed by atoms with Crippen LogP contribution in [-0.4, -0.2) is 9.78 Å². The summed E-state index contributed by atoms with van der Waals surface area (Å²) in [6, 6.07) is 0.0159. The Kier molecular flexibility index (Phi) is 1.30.